The third-order valence-electron chi connectivity index (χ3n) is 6.70. The van der Waals surface area contributed by atoms with E-state index in [0.717, 1.165) is 11.1 Å². The molecule has 240 valence electrons. The van der Waals surface area contributed by atoms with Gasteiger partial charge in [-0.3, -0.25) is 14.4 Å². The Hall–Kier alpha value is -4.78. The second-order valence-corrected chi connectivity index (χ2v) is 10.2. The Morgan fingerprint density at radius 3 is 2.18 bits per heavy atom. The van der Waals surface area contributed by atoms with Crippen molar-refractivity contribution < 1.29 is 37.1 Å². The lowest BCUT2D eigenvalue weighted by atomic mass is 9.98. The molecule has 10 nitrogen and oxygen atoms in total. The maximum absolute atomic E-state index is 13.4. The standard InChI is InChI=1S/C32H36F3N5O5/c33-32(34,35)31(44)45-29(42)21-26(24-16-14-23(15-17-24)22-9-2-1-3-10-22)40-30(43)25(11-4-6-18-36)39-28(41)13-8-20-38-27-12-5-7-19-37-27/h1-3,5,7,9-10,12,14-17,19,25-26H,4,6,8,11,13,18,20-21,36H2,(H,37,38)(H,39,41)(H,40,43)/t25-,26?/m0/s1. The molecule has 0 saturated carbocycles. The zero-order valence-electron chi connectivity index (χ0n) is 24.5. The molecule has 3 rings (SSSR count). The third kappa shape index (κ3) is 12.0. The minimum Gasteiger partial charge on any atom is -0.386 e. The van der Waals surface area contributed by atoms with Crippen LogP contribution in [0.2, 0.25) is 0 Å². The van der Waals surface area contributed by atoms with E-state index in [0.29, 0.717) is 43.7 Å². The number of nitrogens with two attached hydrogens (primary N) is 1. The van der Waals surface area contributed by atoms with Gasteiger partial charge in [0.15, 0.2) is 0 Å². The molecule has 0 fully saturated rings. The molecule has 13 heteroatoms. The molecule has 0 aliphatic carbocycles. The molecule has 0 aliphatic rings. The van der Waals surface area contributed by atoms with Gasteiger partial charge in [-0.25, -0.2) is 9.78 Å². The number of carbonyl (C=O) groups excluding carboxylic acids is 4. The quantitative estimate of drug-likeness (QED) is 0.103. The van der Waals surface area contributed by atoms with Crippen LogP contribution in [0.25, 0.3) is 11.1 Å². The lowest BCUT2D eigenvalue weighted by Crippen LogP contribution is -2.48. The molecule has 2 aromatic carbocycles. The predicted molar refractivity (Wildman–Crippen MR) is 161 cm³/mol. The number of rotatable bonds is 16. The highest BCUT2D eigenvalue weighted by Crippen LogP contribution is 2.25. The van der Waals surface area contributed by atoms with Gasteiger partial charge in [-0.2, -0.15) is 13.2 Å². The van der Waals surface area contributed by atoms with Gasteiger partial charge in [-0.1, -0.05) is 60.7 Å². The van der Waals surface area contributed by atoms with E-state index < -0.39 is 42.5 Å². The third-order valence-corrected chi connectivity index (χ3v) is 6.70. The lowest BCUT2D eigenvalue weighted by Gasteiger charge is -2.24. The number of unbranched alkanes of at least 4 members (excludes halogenated alkanes) is 1. The van der Waals surface area contributed by atoms with Crippen LogP contribution in [-0.4, -0.2) is 54.0 Å². The number of anilines is 1. The van der Waals surface area contributed by atoms with Gasteiger partial charge < -0.3 is 26.4 Å². The molecule has 3 aromatic rings. The Balaban J connectivity index is 1.72. The summed E-state index contributed by atoms with van der Waals surface area (Å²) in [5, 5.41) is 8.47. The van der Waals surface area contributed by atoms with Crippen molar-refractivity contribution in [1.29, 1.82) is 0 Å². The number of nitrogens with one attached hydrogen (secondary N) is 3. The van der Waals surface area contributed by atoms with Crippen molar-refractivity contribution in [2.75, 3.05) is 18.4 Å². The highest BCUT2D eigenvalue weighted by Gasteiger charge is 2.42. The maximum atomic E-state index is 13.4. The number of benzene rings is 2. The van der Waals surface area contributed by atoms with Gasteiger partial charge in [0.25, 0.3) is 0 Å². The highest BCUT2D eigenvalue weighted by molar-refractivity contribution is 5.90. The summed E-state index contributed by atoms with van der Waals surface area (Å²) >= 11 is 0. The van der Waals surface area contributed by atoms with Crippen LogP contribution in [0.5, 0.6) is 0 Å². The van der Waals surface area contributed by atoms with E-state index in [1.165, 1.54) is 0 Å². The van der Waals surface area contributed by atoms with Crippen molar-refractivity contribution in [3.63, 3.8) is 0 Å². The number of ether oxygens (including phenoxy) is 1. The number of pyridine rings is 1. The maximum Gasteiger partial charge on any atom is 0.491 e. The molecular formula is C32H36F3N5O5. The van der Waals surface area contributed by atoms with E-state index in [2.05, 4.69) is 25.7 Å². The fourth-order valence-corrected chi connectivity index (χ4v) is 4.39. The fourth-order valence-electron chi connectivity index (χ4n) is 4.39. The van der Waals surface area contributed by atoms with Crippen LogP contribution in [0.1, 0.15) is 50.1 Å². The SMILES string of the molecule is NCCCC[C@H](NC(=O)CCCNc1ccccn1)C(=O)NC(CC(=O)OC(=O)C(F)(F)F)c1ccc(-c2ccccc2)cc1. The summed E-state index contributed by atoms with van der Waals surface area (Å²) in [7, 11) is 0. The average molecular weight is 628 g/mol. The predicted octanol–water partition coefficient (Wildman–Crippen LogP) is 4.43. The molecule has 1 heterocycles. The van der Waals surface area contributed by atoms with Crippen molar-refractivity contribution in [3.05, 3.63) is 84.6 Å². The summed E-state index contributed by atoms with van der Waals surface area (Å²) in [4.78, 5) is 54.0. The Morgan fingerprint density at radius 2 is 1.53 bits per heavy atom. The largest absolute Gasteiger partial charge is 0.491 e. The number of hydrogen-bond acceptors (Lipinski definition) is 8. The second-order valence-electron chi connectivity index (χ2n) is 10.2. The minimum atomic E-state index is -5.36. The van der Waals surface area contributed by atoms with Crippen molar-refractivity contribution in [2.24, 2.45) is 5.73 Å². The molecule has 1 unspecified atom stereocenters. The number of alkyl halides is 3. The number of halogens is 3. The Labute approximate surface area is 258 Å². The Bertz CT molecular complexity index is 1390. The summed E-state index contributed by atoms with van der Waals surface area (Å²) in [5.74, 6) is -4.50. The van der Waals surface area contributed by atoms with Crippen LogP contribution >= 0.6 is 0 Å². The van der Waals surface area contributed by atoms with E-state index in [1.54, 1.807) is 42.6 Å². The molecular weight excluding hydrogens is 591 g/mol. The molecule has 0 spiro atoms. The van der Waals surface area contributed by atoms with Crippen LogP contribution in [0.4, 0.5) is 19.0 Å². The van der Waals surface area contributed by atoms with E-state index in [-0.39, 0.29) is 18.7 Å². The first-order chi connectivity index (χ1) is 21.6. The van der Waals surface area contributed by atoms with Gasteiger partial charge in [0.1, 0.15) is 11.9 Å². The number of hydrogen-bond donors (Lipinski definition) is 4. The van der Waals surface area contributed by atoms with Crippen LogP contribution in [0.15, 0.2) is 79.0 Å². The van der Waals surface area contributed by atoms with Gasteiger partial charge in [-0.15, -0.1) is 0 Å². The molecule has 45 heavy (non-hydrogen) atoms. The minimum absolute atomic E-state index is 0.108. The van der Waals surface area contributed by atoms with Gasteiger partial charge in [0.2, 0.25) is 11.8 Å². The van der Waals surface area contributed by atoms with E-state index in [1.807, 2.05) is 36.4 Å². The summed E-state index contributed by atoms with van der Waals surface area (Å²) < 4.78 is 42.1. The van der Waals surface area contributed by atoms with E-state index in [4.69, 9.17) is 5.73 Å². The Kier molecular flexibility index (Phi) is 13.5. The molecule has 0 aliphatic heterocycles. The van der Waals surface area contributed by atoms with Crippen LogP contribution in [0, 0.1) is 0 Å². The highest BCUT2D eigenvalue weighted by atomic mass is 19.4. The first kappa shape index (κ1) is 34.7. The lowest BCUT2D eigenvalue weighted by molar-refractivity contribution is -0.202. The van der Waals surface area contributed by atoms with Crippen LogP contribution < -0.4 is 21.7 Å². The summed E-state index contributed by atoms with van der Waals surface area (Å²) in [6, 6.07) is 19.3. The van der Waals surface area contributed by atoms with Gasteiger partial charge in [0.05, 0.1) is 12.5 Å². The monoisotopic (exact) mass is 627 g/mol. The van der Waals surface area contributed by atoms with Crippen molar-refractivity contribution in [2.45, 2.75) is 56.8 Å². The molecule has 5 N–H and O–H groups in total. The summed E-state index contributed by atoms with van der Waals surface area (Å²) in [5.41, 5.74) is 7.70. The topological polar surface area (TPSA) is 153 Å². The molecule has 2 atom stereocenters. The number of esters is 2. The number of carbonyl (C=O) groups is 4. The van der Waals surface area contributed by atoms with Crippen molar-refractivity contribution in [3.8, 4) is 11.1 Å². The fraction of sp³-hybridized carbons (Fsp3) is 0.344. The zero-order valence-corrected chi connectivity index (χ0v) is 24.5. The van der Waals surface area contributed by atoms with Gasteiger partial charge >= 0.3 is 18.1 Å². The van der Waals surface area contributed by atoms with E-state index in [9.17, 15) is 32.3 Å². The van der Waals surface area contributed by atoms with Crippen LogP contribution in [0.3, 0.4) is 0 Å². The smallest absolute Gasteiger partial charge is 0.386 e. The molecule has 2 amide bonds. The normalized spacial score (nSPS) is 12.4. The summed E-state index contributed by atoms with van der Waals surface area (Å²) in [6.45, 7) is 0.839. The van der Waals surface area contributed by atoms with E-state index >= 15 is 0 Å². The molecule has 0 bridgehead atoms. The molecule has 0 saturated heterocycles. The zero-order chi connectivity index (χ0) is 32.7. The second kappa shape index (κ2) is 17.5. The van der Waals surface area contributed by atoms with Crippen LogP contribution in [-0.2, 0) is 23.9 Å². The number of aromatic nitrogens is 1. The van der Waals surface area contributed by atoms with Crippen molar-refractivity contribution in [1.82, 2.24) is 15.6 Å². The first-order valence-corrected chi connectivity index (χ1v) is 14.5. The van der Waals surface area contributed by atoms with Gasteiger partial charge in [-0.05, 0) is 61.1 Å². The molecule has 1 aromatic heterocycles. The molecule has 0 radical (unpaired) electrons. The number of amides is 2. The van der Waals surface area contributed by atoms with Gasteiger partial charge in [0, 0.05) is 19.2 Å². The van der Waals surface area contributed by atoms with Crippen molar-refractivity contribution >= 4 is 29.6 Å². The first-order valence-electron chi connectivity index (χ1n) is 14.5. The average Bonchev–Trinajstić information content (AvgIpc) is 3.03. The Morgan fingerprint density at radius 1 is 0.844 bits per heavy atom. The number of nitrogens with zero attached hydrogens (tertiary/aromatic N) is 1. The summed E-state index contributed by atoms with van der Waals surface area (Å²) in [6.07, 6.45) is -2.60.